The highest BCUT2D eigenvalue weighted by Crippen LogP contribution is 2.29. The third-order valence-electron chi connectivity index (χ3n) is 4.17. The molecule has 0 bridgehead atoms. The maximum atomic E-state index is 13.2. The number of nitrogens with zero attached hydrogens (tertiary/aromatic N) is 5. The van der Waals surface area contributed by atoms with Crippen molar-refractivity contribution >= 4 is 17.6 Å². The molecule has 7 nitrogen and oxygen atoms in total. The van der Waals surface area contributed by atoms with E-state index in [1.807, 2.05) is 36.6 Å². The number of benzene rings is 2. The molecular weight excluding hydrogens is 403 g/mol. The summed E-state index contributed by atoms with van der Waals surface area (Å²) < 4.78 is 20.4. The summed E-state index contributed by atoms with van der Waals surface area (Å²) in [7, 11) is 0. The van der Waals surface area contributed by atoms with Crippen molar-refractivity contribution in [1.82, 2.24) is 19.7 Å². The number of ether oxygens (including phenoxy) is 1. The Morgan fingerprint density at radius 3 is 2.47 bits per heavy atom. The Bertz CT molecular complexity index is 1240. The zero-order valence-electron chi connectivity index (χ0n) is 15.8. The van der Waals surface area contributed by atoms with Gasteiger partial charge in [0, 0.05) is 11.6 Å². The molecule has 148 valence electrons. The minimum Gasteiger partial charge on any atom is -0.439 e. The second-order valence-corrected chi connectivity index (χ2v) is 6.90. The third-order valence-corrected chi connectivity index (χ3v) is 4.84. The van der Waals surface area contributed by atoms with Crippen LogP contribution in [0.25, 0.3) is 17.2 Å². The largest absolute Gasteiger partial charge is 0.439 e. The maximum Gasteiger partial charge on any atom is 0.225 e. The van der Waals surface area contributed by atoms with E-state index in [1.165, 1.54) is 40.7 Å². The van der Waals surface area contributed by atoms with Gasteiger partial charge in [-0.2, -0.15) is 20.0 Å². The lowest BCUT2D eigenvalue weighted by Gasteiger charge is -2.10. The van der Waals surface area contributed by atoms with E-state index in [9.17, 15) is 9.65 Å². The van der Waals surface area contributed by atoms with Crippen molar-refractivity contribution in [1.29, 1.82) is 5.26 Å². The number of halogens is 1. The summed E-state index contributed by atoms with van der Waals surface area (Å²) >= 11 is 1.31. The molecule has 0 fully saturated rings. The van der Waals surface area contributed by atoms with E-state index in [1.54, 1.807) is 6.07 Å². The molecule has 2 aromatic heterocycles. The van der Waals surface area contributed by atoms with Gasteiger partial charge in [-0.15, -0.1) is 11.8 Å². The first kappa shape index (κ1) is 19.4. The number of nitrogens with two attached hydrogens (primary N) is 1. The van der Waals surface area contributed by atoms with Gasteiger partial charge in [0.25, 0.3) is 0 Å². The Labute approximate surface area is 176 Å². The third kappa shape index (κ3) is 3.81. The fourth-order valence-corrected chi connectivity index (χ4v) is 3.26. The average molecular weight is 418 g/mol. The van der Waals surface area contributed by atoms with E-state index in [0.29, 0.717) is 22.4 Å². The summed E-state index contributed by atoms with van der Waals surface area (Å²) in [5.74, 6) is 1.18. The molecule has 9 heteroatoms. The molecule has 0 aliphatic carbocycles. The standard InChI is InChI=1S/C21H15FN6OS/c1-30-21-16(12-23)19(24)28(27-21)17-11-18(29-15-9-7-14(22)8-10-15)26-20(25-17)13-5-3-2-4-6-13/h2-11H,24H2,1H3. The van der Waals surface area contributed by atoms with E-state index < -0.39 is 0 Å². The van der Waals surface area contributed by atoms with Crippen molar-refractivity contribution < 1.29 is 9.13 Å². The molecule has 0 radical (unpaired) electrons. The summed E-state index contributed by atoms with van der Waals surface area (Å²) in [5, 5.41) is 14.3. The van der Waals surface area contributed by atoms with Gasteiger partial charge in [-0.05, 0) is 30.5 Å². The van der Waals surface area contributed by atoms with Crippen LogP contribution in [-0.2, 0) is 0 Å². The van der Waals surface area contributed by atoms with Crippen LogP contribution in [0.15, 0.2) is 65.7 Å². The minimum absolute atomic E-state index is 0.173. The van der Waals surface area contributed by atoms with Gasteiger partial charge in [-0.1, -0.05) is 30.3 Å². The van der Waals surface area contributed by atoms with Crippen molar-refractivity contribution in [2.45, 2.75) is 5.03 Å². The molecule has 4 rings (SSSR count). The average Bonchev–Trinajstić information content (AvgIpc) is 3.11. The number of aromatic nitrogens is 4. The van der Waals surface area contributed by atoms with Gasteiger partial charge < -0.3 is 10.5 Å². The molecule has 2 N–H and O–H groups in total. The van der Waals surface area contributed by atoms with Gasteiger partial charge >= 0.3 is 0 Å². The first-order chi connectivity index (χ1) is 14.6. The Morgan fingerprint density at radius 1 is 1.10 bits per heavy atom. The van der Waals surface area contributed by atoms with E-state index in [2.05, 4.69) is 21.1 Å². The molecule has 0 saturated carbocycles. The van der Waals surface area contributed by atoms with Gasteiger partial charge in [-0.25, -0.2) is 9.37 Å². The number of nitriles is 1. The van der Waals surface area contributed by atoms with Gasteiger partial charge in [0.2, 0.25) is 5.88 Å². The molecule has 2 aromatic carbocycles. The molecule has 0 aliphatic rings. The van der Waals surface area contributed by atoms with Crippen molar-refractivity contribution in [2.75, 3.05) is 12.0 Å². The fraction of sp³-hybridized carbons (Fsp3) is 0.0476. The van der Waals surface area contributed by atoms with Gasteiger partial charge in [0.15, 0.2) is 11.6 Å². The summed E-state index contributed by atoms with van der Waals surface area (Å²) in [6.45, 7) is 0. The predicted octanol–water partition coefficient (Wildman–Crippen LogP) is 4.44. The Morgan fingerprint density at radius 2 is 1.83 bits per heavy atom. The topological polar surface area (TPSA) is 103 Å². The van der Waals surface area contributed by atoms with Gasteiger partial charge in [0.1, 0.15) is 34.0 Å². The van der Waals surface area contributed by atoms with Crippen molar-refractivity contribution in [3.63, 3.8) is 0 Å². The highest BCUT2D eigenvalue weighted by atomic mass is 32.2. The molecular formula is C21H15FN6OS. The highest BCUT2D eigenvalue weighted by molar-refractivity contribution is 7.98. The van der Waals surface area contributed by atoms with Crippen LogP contribution in [0.2, 0.25) is 0 Å². The Kier molecular flexibility index (Phi) is 5.32. The second kappa shape index (κ2) is 8.23. The summed E-state index contributed by atoms with van der Waals surface area (Å²) in [5.41, 5.74) is 7.20. The van der Waals surface area contributed by atoms with Gasteiger partial charge in [0.05, 0.1) is 0 Å². The van der Waals surface area contributed by atoms with Crippen LogP contribution in [-0.4, -0.2) is 26.0 Å². The van der Waals surface area contributed by atoms with Crippen LogP contribution >= 0.6 is 11.8 Å². The highest BCUT2D eigenvalue weighted by Gasteiger charge is 2.19. The van der Waals surface area contributed by atoms with E-state index in [0.717, 1.165) is 5.56 Å². The summed E-state index contributed by atoms with van der Waals surface area (Å²) in [6, 6.07) is 18.6. The summed E-state index contributed by atoms with van der Waals surface area (Å²) in [6.07, 6.45) is 1.81. The number of anilines is 1. The number of rotatable bonds is 5. The molecule has 0 amide bonds. The lowest BCUT2D eigenvalue weighted by atomic mass is 10.2. The molecule has 0 atom stereocenters. The predicted molar refractivity (Wildman–Crippen MR) is 112 cm³/mol. The van der Waals surface area contributed by atoms with Crippen LogP contribution in [0, 0.1) is 17.1 Å². The van der Waals surface area contributed by atoms with Crippen LogP contribution in [0.5, 0.6) is 11.6 Å². The smallest absolute Gasteiger partial charge is 0.225 e. The first-order valence-electron chi connectivity index (χ1n) is 8.80. The fourth-order valence-electron chi connectivity index (χ4n) is 2.75. The lowest BCUT2D eigenvalue weighted by Crippen LogP contribution is -2.07. The van der Waals surface area contributed by atoms with Crippen LogP contribution in [0.1, 0.15) is 5.56 Å². The number of nitrogen functional groups attached to an aromatic ring is 1. The van der Waals surface area contributed by atoms with Gasteiger partial charge in [-0.3, -0.25) is 0 Å². The normalized spacial score (nSPS) is 10.6. The lowest BCUT2D eigenvalue weighted by molar-refractivity contribution is 0.460. The Balaban J connectivity index is 1.85. The van der Waals surface area contributed by atoms with E-state index in [4.69, 9.17) is 10.5 Å². The second-order valence-electron chi connectivity index (χ2n) is 6.10. The molecule has 2 heterocycles. The Hall–Kier alpha value is -3.90. The zero-order valence-corrected chi connectivity index (χ0v) is 16.6. The van der Waals surface area contributed by atoms with Crippen molar-refractivity contribution in [3.05, 3.63) is 72.0 Å². The molecule has 0 saturated heterocycles. The molecule has 0 unspecified atom stereocenters. The molecule has 0 spiro atoms. The van der Waals surface area contributed by atoms with E-state index in [-0.39, 0.29) is 23.1 Å². The monoisotopic (exact) mass is 418 g/mol. The van der Waals surface area contributed by atoms with Crippen molar-refractivity contribution in [2.24, 2.45) is 0 Å². The van der Waals surface area contributed by atoms with E-state index >= 15 is 0 Å². The van der Waals surface area contributed by atoms with Crippen molar-refractivity contribution in [3.8, 4) is 34.9 Å². The van der Waals surface area contributed by atoms with Crippen LogP contribution in [0.4, 0.5) is 10.2 Å². The van der Waals surface area contributed by atoms with Crippen LogP contribution < -0.4 is 10.5 Å². The molecule has 30 heavy (non-hydrogen) atoms. The quantitative estimate of drug-likeness (QED) is 0.478. The number of hydrogen-bond donors (Lipinski definition) is 1. The summed E-state index contributed by atoms with van der Waals surface area (Å²) in [4.78, 5) is 9.03. The minimum atomic E-state index is -0.367. The maximum absolute atomic E-state index is 13.2. The number of thioether (sulfide) groups is 1. The molecule has 0 aliphatic heterocycles. The SMILES string of the molecule is CSc1nn(-c2cc(Oc3ccc(F)cc3)nc(-c3ccccc3)n2)c(N)c1C#N. The first-order valence-corrected chi connectivity index (χ1v) is 10.0. The number of hydrogen-bond acceptors (Lipinski definition) is 7. The van der Waals surface area contributed by atoms with Crippen LogP contribution in [0.3, 0.4) is 0 Å². The zero-order chi connectivity index (χ0) is 21.1. The molecule has 4 aromatic rings.